The Hall–Kier alpha value is -2.97. The maximum atomic E-state index is 5.42. The molecule has 0 saturated carbocycles. The fourth-order valence-corrected chi connectivity index (χ4v) is 2.00. The fourth-order valence-electron chi connectivity index (χ4n) is 1.62. The van der Waals surface area contributed by atoms with Gasteiger partial charge in [-0.05, 0) is 34.8 Å². The van der Waals surface area contributed by atoms with Crippen molar-refractivity contribution in [1.29, 1.82) is 0 Å². The summed E-state index contributed by atoms with van der Waals surface area (Å²) in [7, 11) is 0. The highest BCUT2D eigenvalue weighted by Crippen LogP contribution is 2.08. The second-order valence-electron chi connectivity index (χ2n) is 3.94. The second-order valence-corrected chi connectivity index (χ2v) is 4.55. The van der Waals surface area contributed by atoms with Crippen LogP contribution in [0.3, 0.4) is 0 Å². The first-order valence-corrected chi connectivity index (χ1v) is 6.96. The Morgan fingerprint density at radius 1 is 0.619 bits per heavy atom. The van der Waals surface area contributed by atoms with Crippen LogP contribution in [0.25, 0.3) is 0 Å². The smallest absolute Gasteiger partial charge is 0.0411 e. The van der Waals surface area contributed by atoms with Crippen LogP contribution in [-0.2, 0) is 0 Å². The Morgan fingerprint density at radius 3 is 1.38 bits per heavy atom. The third kappa shape index (κ3) is 4.00. The number of terminal acetylenes is 2. The molecule has 21 heavy (non-hydrogen) atoms. The molecule has 0 fully saturated rings. The topological polar surface area (TPSA) is 0 Å². The van der Waals surface area contributed by atoms with Gasteiger partial charge in [-0.2, -0.15) is 0 Å². The molecule has 0 aliphatic carbocycles. The van der Waals surface area contributed by atoms with E-state index >= 15 is 0 Å². The number of hydrogen-bond donors (Lipinski definition) is 0. The van der Waals surface area contributed by atoms with Gasteiger partial charge in [0.1, 0.15) is 0 Å². The van der Waals surface area contributed by atoms with Crippen molar-refractivity contribution < 1.29 is 0 Å². The molecule has 0 aliphatic heterocycles. The number of hydrogen-bond acceptors (Lipinski definition) is 1. The minimum atomic E-state index is 0.788. The lowest BCUT2D eigenvalue weighted by Crippen LogP contribution is -1.81. The average molecular weight is 282 g/mol. The van der Waals surface area contributed by atoms with E-state index in [0.717, 1.165) is 22.3 Å². The van der Waals surface area contributed by atoms with E-state index < -0.39 is 0 Å². The van der Waals surface area contributed by atoms with Gasteiger partial charge in [0.2, 0.25) is 0 Å². The van der Waals surface area contributed by atoms with Crippen molar-refractivity contribution in [1.82, 2.24) is 0 Å². The van der Waals surface area contributed by atoms with E-state index in [0.29, 0.717) is 0 Å². The Balaban J connectivity index is 2.11. The van der Waals surface area contributed by atoms with E-state index in [1.165, 1.54) is 11.8 Å². The highest BCUT2D eigenvalue weighted by molar-refractivity contribution is 8.08. The summed E-state index contributed by atoms with van der Waals surface area (Å²) in [6, 6.07) is 15.1. The molecule has 0 spiro atoms. The van der Waals surface area contributed by atoms with Crippen LogP contribution in [0.2, 0.25) is 0 Å². The normalized spacial score (nSPS) is 8.29. The predicted octanol–water partition coefficient (Wildman–Crippen LogP) is 3.70. The first kappa shape index (κ1) is 14.4. The SMILES string of the molecule is C#Cc1ccccc1C#CSC#Cc1ccccc1C#C. The lowest BCUT2D eigenvalue weighted by molar-refractivity contribution is 1.59. The summed E-state index contributed by atoms with van der Waals surface area (Å²) in [6.07, 6.45) is 10.8. The summed E-state index contributed by atoms with van der Waals surface area (Å²) in [5, 5.41) is 5.86. The minimum Gasteiger partial charge on any atom is -0.115 e. The maximum Gasteiger partial charge on any atom is 0.0411 e. The maximum absolute atomic E-state index is 5.42. The number of rotatable bonds is 0. The number of thioether (sulfide) groups is 1. The highest BCUT2D eigenvalue weighted by Gasteiger charge is 1.94. The van der Waals surface area contributed by atoms with Crippen LogP contribution in [0.15, 0.2) is 48.5 Å². The molecule has 0 unspecified atom stereocenters. The average Bonchev–Trinajstić information content (AvgIpc) is 2.55. The van der Waals surface area contributed by atoms with Crippen molar-refractivity contribution in [2.75, 3.05) is 0 Å². The zero-order chi connectivity index (χ0) is 14.9. The van der Waals surface area contributed by atoms with Crippen LogP contribution in [-0.4, -0.2) is 0 Å². The van der Waals surface area contributed by atoms with Gasteiger partial charge in [-0.3, -0.25) is 0 Å². The Kier molecular flexibility index (Phi) is 5.21. The molecule has 0 aromatic heterocycles. The Morgan fingerprint density at radius 2 is 1.00 bits per heavy atom. The molecule has 1 heteroatoms. The van der Waals surface area contributed by atoms with E-state index in [2.05, 4.69) is 34.2 Å². The molecule has 0 N–H and O–H groups in total. The van der Waals surface area contributed by atoms with Gasteiger partial charge in [0.25, 0.3) is 0 Å². The fraction of sp³-hybridized carbons (Fsp3) is 0. The highest BCUT2D eigenvalue weighted by atomic mass is 32.2. The summed E-state index contributed by atoms with van der Waals surface area (Å²) >= 11 is 1.22. The second kappa shape index (κ2) is 7.58. The molecule has 0 radical (unpaired) electrons. The standard InChI is InChI=1S/C20H10S/c1-3-17-9-5-7-11-19(17)13-15-21-16-14-20-12-8-6-10-18(20)4-2/h1-2,5-12H. The monoisotopic (exact) mass is 282 g/mol. The van der Waals surface area contributed by atoms with E-state index in [1.807, 2.05) is 48.5 Å². The van der Waals surface area contributed by atoms with E-state index in [4.69, 9.17) is 12.8 Å². The molecule has 0 amide bonds. The molecule has 2 aromatic carbocycles. The van der Waals surface area contributed by atoms with Crippen LogP contribution < -0.4 is 0 Å². The molecule has 2 aromatic rings. The van der Waals surface area contributed by atoms with Crippen LogP contribution in [0, 0.1) is 47.0 Å². The molecule has 0 aliphatic rings. The van der Waals surface area contributed by atoms with Crippen molar-refractivity contribution in [3.8, 4) is 47.0 Å². The van der Waals surface area contributed by atoms with Crippen molar-refractivity contribution in [2.24, 2.45) is 0 Å². The van der Waals surface area contributed by atoms with Crippen molar-refractivity contribution in [3.63, 3.8) is 0 Å². The Labute approximate surface area is 130 Å². The molecule has 96 valence electrons. The quantitative estimate of drug-likeness (QED) is 0.664. The zero-order valence-electron chi connectivity index (χ0n) is 11.2. The van der Waals surface area contributed by atoms with Crippen molar-refractivity contribution >= 4 is 11.8 Å². The van der Waals surface area contributed by atoms with Gasteiger partial charge in [0.15, 0.2) is 0 Å². The molecular weight excluding hydrogens is 272 g/mol. The van der Waals surface area contributed by atoms with Gasteiger partial charge in [0, 0.05) is 34.0 Å². The third-order valence-electron chi connectivity index (χ3n) is 2.64. The van der Waals surface area contributed by atoms with Gasteiger partial charge in [-0.1, -0.05) is 47.9 Å². The van der Waals surface area contributed by atoms with Gasteiger partial charge >= 0.3 is 0 Å². The third-order valence-corrected chi connectivity index (χ3v) is 3.05. The molecule has 0 bridgehead atoms. The molecule has 2 rings (SSSR count). The largest absolute Gasteiger partial charge is 0.115 e. The van der Waals surface area contributed by atoms with Crippen LogP contribution in [0.5, 0.6) is 0 Å². The lowest BCUT2D eigenvalue weighted by atomic mass is 10.1. The van der Waals surface area contributed by atoms with Gasteiger partial charge in [0.05, 0.1) is 0 Å². The van der Waals surface area contributed by atoms with Crippen molar-refractivity contribution in [2.45, 2.75) is 0 Å². The molecule has 0 nitrogen and oxygen atoms in total. The van der Waals surface area contributed by atoms with Gasteiger partial charge < -0.3 is 0 Å². The molecule has 0 atom stereocenters. The first-order chi connectivity index (χ1) is 10.3. The van der Waals surface area contributed by atoms with Gasteiger partial charge in [-0.25, -0.2) is 0 Å². The predicted molar refractivity (Wildman–Crippen MR) is 90.1 cm³/mol. The van der Waals surface area contributed by atoms with Crippen LogP contribution in [0.1, 0.15) is 22.3 Å². The molecular formula is C20H10S. The van der Waals surface area contributed by atoms with E-state index in [1.54, 1.807) is 0 Å². The van der Waals surface area contributed by atoms with Crippen LogP contribution in [0.4, 0.5) is 0 Å². The summed E-state index contributed by atoms with van der Waals surface area (Å²) in [6.45, 7) is 0. The van der Waals surface area contributed by atoms with Crippen molar-refractivity contribution in [3.05, 3.63) is 70.8 Å². The summed E-state index contributed by atoms with van der Waals surface area (Å²) < 4.78 is 0. The summed E-state index contributed by atoms with van der Waals surface area (Å²) in [5.41, 5.74) is 3.24. The molecule has 0 saturated heterocycles. The lowest BCUT2D eigenvalue weighted by Gasteiger charge is -1.93. The molecule has 0 heterocycles. The van der Waals surface area contributed by atoms with Crippen LogP contribution >= 0.6 is 11.8 Å². The Bertz CT molecular complexity index is 779. The zero-order valence-corrected chi connectivity index (χ0v) is 12.0. The summed E-state index contributed by atoms with van der Waals surface area (Å²) in [4.78, 5) is 0. The minimum absolute atomic E-state index is 0.788. The van der Waals surface area contributed by atoms with E-state index in [-0.39, 0.29) is 0 Å². The van der Waals surface area contributed by atoms with Gasteiger partial charge in [-0.15, -0.1) is 12.8 Å². The summed E-state index contributed by atoms with van der Waals surface area (Å²) in [5.74, 6) is 11.2. The number of benzene rings is 2. The first-order valence-electron chi connectivity index (χ1n) is 6.14. The van der Waals surface area contributed by atoms with E-state index in [9.17, 15) is 0 Å².